The van der Waals surface area contributed by atoms with E-state index in [4.69, 9.17) is 10.4 Å². The summed E-state index contributed by atoms with van der Waals surface area (Å²) in [7, 11) is 0. The third-order valence-corrected chi connectivity index (χ3v) is 2.65. The summed E-state index contributed by atoms with van der Waals surface area (Å²) in [6.45, 7) is 2.00. The van der Waals surface area contributed by atoms with Gasteiger partial charge in [0.15, 0.2) is 6.10 Å². The standard InChI is InChI=1S/C13H15NO3/c1-2-9-5-6-11(12(15)13(16)17)10(8-9)4-3-7-14/h5-6,8,12,15H,2-4H2,1H3,(H,16,17). The molecule has 1 aromatic rings. The number of benzene rings is 1. The van der Waals surface area contributed by atoms with Crippen molar-refractivity contribution in [3.05, 3.63) is 34.9 Å². The second kappa shape index (κ2) is 6.02. The second-order valence-electron chi connectivity index (χ2n) is 3.79. The Morgan fingerprint density at radius 2 is 2.24 bits per heavy atom. The molecule has 0 spiro atoms. The molecule has 2 N–H and O–H groups in total. The maximum Gasteiger partial charge on any atom is 0.337 e. The molecular weight excluding hydrogens is 218 g/mol. The van der Waals surface area contributed by atoms with Crippen LogP contribution in [0.4, 0.5) is 0 Å². The van der Waals surface area contributed by atoms with Crippen LogP contribution >= 0.6 is 0 Å². The number of nitriles is 1. The van der Waals surface area contributed by atoms with Gasteiger partial charge >= 0.3 is 5.97 Å². The van der Waals surface area contributed by atoms with Crippen LogP contribution in [0.5, 0.6) is 0 Å². The molecule has 0 aliphatic rings. The molecule has 1 aromatic carbocycles. The Balaban J connectivity index is 3.10. The van der Waals surface area contributed by atoms with E-state index in [1.54, 1.807) is 12.1 Å². The molecule has 0 aliphatic heterocycles. The highest BCUT2D eigenvalue weighted by atomic mass is 16.4. The van der Waals surface area contributed by atoms with E-state index >= 15 is 0 Å². The lowest BCUT2D eigenvalue weighted by molar-refractivity contribution is -0.147. The summed E-state index contributed by atoms with van der Waals surface area (Å²) >= 11 is 0. The molecule has 0 aromatic heterocycles. The van der Waals surface area contributed by atoms with Gasteiger partial charge in [-0.25, -0.2) is 4.79 Å². The van der Waals surface area contributed by atoms with Crippen LogP contribution in [0, 0.1) is 11.3 Å². The summed E-state index contributed by atoms with van der Waals surface area (Å²) < 4.78 is 0. The van der Waals surface area contributed by atoms with Crippen molar-refractivity contribution in [1.82, 2.24) is 0 Å². The number of carbonyl (C=O) groups is 1. The van der Waals surface area contributed by atoms with Gasteiger partial charge in [-0.2, -0.15) is 5.26 Å². The summed E-state index contributed by atoms with van der Waals surface area (Å²) in [5.74, 6) is -1.27. The van der Waals surface area contributed by atoms with Gasteiger partial charge in [-0.3, -0.25) is 0 Å². The van der Waals surface area contributed by atoms with Gasteiger partial charge in [0.2, 0.25) is 0 Å². The van der Waals surface area contributed by atoms with Gasteiger partial charge in [-0.1, -0.05) is 25.1 Å². The zero-order chi connectivity index (χ0) is 12.8. The van der Waals surface area contributed by atoms with Crippen molar-refractivity contribution >= 4 is 5.97 Å². The maximum atomic E-state index is 10.8. The largest absolute Gasteiger partial charge is 0.479 e. The summed E-state index contributed by atoms with van der Waals surface area (Å²) in [5.41, 5.74) is 2.19. The topological polar surface area (TPSA) is 81.3 Å². The molecule has 0 saturated carbocycles. The molecule has 1 atom stereocenters. The fourth-order valence-corrected chi connectivity index (χ4v) is 1.69. The van der Waals surface area contributed by atoms with Crippen LogP contribution in [0.25, 0.3) is 0 Å². The van der Waals surface area contributed by atoms with E-state index in [1.165, 1.54) is 0 Å². The first-order valence-electron chi connectivity index (χ1n) is 5.49. The number of aliphatic hydroxyl groups is 1. The van der Waals surface area contributed by atoms with E-state index in [0.717, 1.165) is 17.5 Å². The van der Waals surface area contributed by atoms with Gasteiger partial charge in [0.05, 0.1) is 6.07 Å². The number of aliphatic carboxylic acids is 1. The van der Waals surface area contributed by atoms with Crippen LogP contribution in [-0.2, 0) is 17.6 Å². The molecule has 17 heavy (non-hydrogen) atoms. The van der Waals surface area contributed by atoms with Crippen LogP contribution in [0.2, 0.25) is 0 Å². The molecule has 0 heterocycles. The molecule has 1 unspecified atom stereocenters. The Bertz CT molecular complexity index is 448. The summed E-state index contributed by atoms with van der Waals surface area (Å²) in [4.78, 5) is 10.8. The number of hydrogen-bond donors (Lipinski definition) is 2. The fraction of sp³-hybridized carbons (Fsp3) is 0.385. The van der Waals surface area contributed by atoms with Crippen LogP contribution in [-0.4, -0.2) is 16.2 Å². The minimum absolute atomic E-state index is 0.312. The quantitative estimate of drug-likeness (QED) is 0.812. The Morgan fingerprint density at radius 3 is 2.76 bits per heavy atom. The Labute approximate surface area is 100 Å². The van der Waals surface area contributed by atoms with Crippen molar-refractivity contribution < 1.29 is 15.0 Å². The van der Waals surface area contributed by atoms with E-state index < -0.39 is 12.1 Å². The van der Waals surface area contributed by atoms with Crippen LogP contribution in [0.1, 0.15) is 36.1 Å². The minimum atomic E-state index is -1.52. The van der Waals surface area contributed by atoms with E-state index in [-0.39, 0.29) is 0 Å². The lowest BCUT2D eigenvalue weighted by Gasteiger charge is -2.13. The van der Waals surface area contributed by atoms with Gasteiger partial charge in [-0.05, 0) is 29.5 Å². The molecule has 0 radical (unpaired) electrons. The normalized spacial score (nSPS) is 11.8. The Kier molecular flexibility index (Phi) is 4.68. The van der Waals surface area contributed by atoms with E-state index in [0.29, 0.717) is 18.4 Å². The number of aliphatic hydroxyl groups excluding tert-OH is 1. The van der Waals surface area contributed by atoms with Crippen molar-refractivity contribution in [3.63, 3.8) is 0 Å². The van der Waals surface area contributed by atoms with Gasteiger partial charge < -0.3 is 10.2 Å². The van der Waals surface area contributed by atoms with Crippen molar-refractivity contribution in [2.45, 2.75) is 32.3 Å². The minimum Gasteiger partial charge on any atom is -0.479 e. The first-order chi connectivity index (χ1) is 8.10. The second-order valence-corrected chi connectivity index (χ2v) is 3.79. The summed E-state index contributed by atoms with van der Waals surface area (Å²) in [6, 6.07) is 7.31. The molecule has 0 aliphatic carbocycles. The van der Waals surface area contributed by atoms with Crippen molar-refractivity contribution in [1.29, 1.82) is 5.26 Å². The number of aryl methyl sites for hydroxylation is 2. The highest BCUT2D eigenvalue weighted by Crippen LogP contribution is 2.21. The number of rotatable bonds is 5. The van der Waals surface area contributed by atoms with Crippen molar-refractivity contribution in [3.8, 4) is 6.07 Å². The average molecular weight is 233 g/mol. The molecule has 0 amide bonds. The first kappa shape index (κ1) is 13.2. The van der Waals surface area contributed by atoms with E-state index in [2.05, 4.69) is 0 Å². The van der Waals surface area contributed by atoms with Crippen molar-refractivity contribution in [2.75, 3.05) is 0 Å². The molecule has 4 nitrogen and oxygen atoms in total. The molecule has 4 heteroatoms. The molecule has 90 valence electrons. The molecule has 1 rings (SSSR count). The third kappa shape index (κ3) is 3.30. The molecular formula is C13H15NO3. The molecule has 0 bridgehead atoms. The predicted molar refractivity (Wildman–Crippen MR) is 62.3 cm³/mol. The number of nitrogens with zero attached hydrogens (tertiary/aromatic N) is 1. The van der Waals surface area contributed by atoms with Crippen LogP contribution in [0.3, 0.4) is 0 Å². The van der Waals surface area contributed by atoms with Crippen LogP contribution < -0.4 is 0 Å². The van der Waals surface area contributed by atoms with Crippen molar-refractivity contribution in [2.24, 2.45) is 0 Å². The van der Waals surface area contributed by atoms with Gasteiger partial charge in [0.25, 0.3) is 0 Å². The lowest BCUT2D eigenvalue weighted by atomic mass is 9.95. The van der Waals surface area contributed by atoms with E-state index in [9.17, 15) is 9.90 Å². The SMILES string of the molecule is CCc1ccc(C(O)C(=O)O)c(CCC#N)c1. The van der Waals surface area contributed by atoms with Gasteiger partial charge in [0.1, 0.15) is 0 Å². The maximum absolute atomic E-state index is 10.8. The van der Waals surface area contributed by atoms with E-state index in [1.807, 2.05) is 19.1 Å². The first-order valence-corrected chi connectivity index (χ1v) is 5.49. The predicted octanol–water partition coefficient (Wildman–Crippen LogP) is 1.82. The number of carboxylic acid groups (broad SMARTS) is 1. The molecule has 0 saturated heterocycles. The number of carboxylic acids is 1. The third-order valence-electron chi connectivity index (χ3n) is 2.65. The molecule has 0 fully saturated rings. The summed E-state index contributed by atoms with van der Waals surface area (Å²) in [5, 5.41) is 26.9. The highest BCUT2D eigenvalue weighted by Gasteiger charge is 2.19. The fourth-order valence-electron chi connectivity index (χ4n) is 1.69. The van der Waals surface area contributed by atoms with Gasteiger partial charge in [0, 0.05) is 6.42 Å². The zero-order valence-electron chi connectivity index (χ0n) is 9.68. The zero-order valence-corrected chi connectivity index (χ0v) is 9.68. The van der Waals surface area contributed by atoms with Gasteiger partial charge in [-0.15, -0.1) is 0 Å². The lowest BCUT2D eigenvalue weighted by Crippen LogP contribution is -2.13. The number of hydrogen-bond acceptors (Lipinski definition) is 3. The average Bonchev–Trinajstić information content (AvgIpc) is 2.34. The Morgan fingerprint density at radius 1 is 1.53 bits per heavy atom. The smallest absolute Gasteiger partial charge is 0.337 e. The highest BCUT2D eigenvalue weighted by molar-refractivity contribution is 5.74. The van der Waals surface area contributed by atoms with Crippen LogP contribution in [0.15, 0.2) is 18.2 Å². The Hall–Kier alpha value is -1.86. The summed E-state index contributed by atoms with van der Waals surface area (Å²) in [6.07, 6.45) is 0.0917. The monoisotopic (exact) mass is 233 g/mol.